The fraction of sp³-hybridized carbons (Fsp3) is 1.00. The zero-order valence-electron chi connectivity index (χ0n) is 20.0. The third-order valence-corrected chi connectivity index (χ3v) is 7.05. The Balaban J connectivity index is 4.69. The van der Waals surface area contributed by atoms with Gasteiger partial charge in [-0.3, -0.25) is 4.55 Å². The molecule has 1 N–H and O–H groups in total. The highest BCUT2D eigenvalue weighted by Crippen LogP contribution is 2.19. The monoisotopic (exact) mass is 434 g/mol. The van der Waals surface area contributed by atoms with Crippen LogP contribution in [0.4, 0.5) is 0 Å². The molecule has 176 valence electrons. The number of quaternary nitrogens is 1. The van der Waals surface area contributed by atoms with Gasteiger partial charge in [0, 0.05) is 0 Å². The van der Waals surface area contributed by atoms with Gasteiger partial charge in [0.25, 0.3) is 10.1 Å². The van der Waals surface area contributed by atoms with Crippen LogP contribution in [0.25, 0.3) is 0 Å². The molecule has 0 amide bonds. The van der Waals surface area contributed by atoms with Gasteiger partial charge in [0.1, 0.15) is 0 Å². The maximum Gasteiger partial charge on any atom is 0.264 e. The maximum absolute atomic E-state index is 10.9. The lowest BCUT2D eigenvalue weighted by atomic mass is 10.1. The van der Waals surface area contributed by atoms with Gasteiger partial charge in [-0.05, 0) is 57.8 Å². The summed E-state index contributed by atoms with van der Waals surface area (Å²) in [5.74, 6) is -0.0853. The summed E-state index contributed by atoms with van der Waals surface area (Å²) in [5, 5.41) is 0. The van der Waals surface area contributed by atoms with Gasteiger partial charge in [0.05, 0.1) is 31.9 Å². The van der Waals surface area contributed by atoms with Crippen LogP contribution in [0.15, 0.2) is 0 Å². The van der Waals surface area contributed by atoms with E-state index in [-0.39, 0.29) is 5.75 Å². The Hall–Kier alpha value is -0.130. The minimum atomic E-state index is -3.80. The summed E-state index contributed by atoms with van der Waals surface area (Å²) in [6.45, 7) is 12.1. The SMILES string of the molecule is CCCCCC[N+](CCCCCC)(CCCCCC)CCCCCCS(=O)(=O)O. The number of hydrogen-bond acceptors (Lipinski definition) is 2. The first kappa shape index (κ1) is 28.9. The summed E-state index contributed by atoms with van der Waals surface area (Å²) in [7, 11) is -3.80. The van der Waals surface area contributed by atoms with Crippen LogP contribution in [0.5, 0.6) is 0 Å². The summed E-state index contributed by atoms with van der Waals surface area (Å²) >= 11 is 0. The highest BCUT2D eigenvalue weighted by atomic mass is 32.2. The Morgan fingerprint density at radius 1 is 0.517 bits per heavy atom. The summed E-state index contributed by atoms with van der Waals surface area (Å²) in [4.78, 5) is 0. The lowest BCUT2D eigenvalue weighted by molar-refractivity contribution is -0.929. The summed E-state index contributed by atoms with van der Waals surface area (Å²) in [6.07, 6.45) is 19.8. The predicted molar refractivity (Wildman–Crippen MR) is 127 cm³/mol. The normalized spacial score (nSPS) is 12.6. The second-order valence-electron chi connectivity index (χ2n) is 9.12. The Morgan fingerprint density at radius 3 is 1.14 bits per heavy atom. The van der Waals surface area contributed by atoms with Crippen molar-refractivity contribution in [3.05, 3.63) is 0 Å². The van der Waals surface area contributed by atoms with E-state index in [0.29, 0.717) is 6.42 Å². The molecule has 0 aromatic carbocycles. The van der Waals surface area contributed by atoms with Crippen LogP contribution in [0.3, 0.4) is 0 Å². The van der Waals surface area contributed by atoms with Crippen molar-refractivity contribution < 1.29 is 17.5 Å². The predicted octanol–water partition coefficient (Wildman–Crippen LogP) is 6.99. The lowest BCUT2D eigenvalue weighted by Gasteiger charge is -2.39. The molecule has 0 aliphatic rings. The molecule has 0 unspecified atom stereocenters. The molecule has 0 heterocycles. The summed E-state index contributed by atoms with van der Waals surface area (Å²) < 4.78 is 32.0. The van der Waals surface area contributed by atoms with Gasteiger partial charge in [-0.2, -0.15) is 8.42 Å². The number of hydrogen-bond donors (Lipinski definition) is 1. The average Bonchev–Trinajstić information content (AvgIpc) is 2.67. The number of nitrogens with zero attached hydrogens (tertiary/aromatic N) is 1. The van der Waals surface area contributed by atoms with Gasteiger partial charge in [-0.1, -0.05) is 65.7 Å². The van der Waals surface area contributed by atoms with Crippen molar-refractivity contribution in [2.24, 2.45) is 0 Å². The highest BCUT2D eigenvalue weighted by Gasteiger charge is 2.25. The first-order valence-electron chi connectivity index (χ1n) is 12.7. The molecule has 0 rings (SSSR count). The molecule has 0 aromatic rings. The van der Waals surface area contributed by atoms with E-state index in [1.165, 1.54) is 114 Å². The molecule has 0 bridgehead atoms. The second-order valence-corrected chi connectivity index (χ2v) is 10.7. The van der Waals surface area contributed by atoms with Gasteiger partial charge < -0.3 is 4.48 Å². The zero-order chi connectivity index (χ0) is 21.8. The first-order valence-corrected chi connectivity index (χ1v) is 14.3. The molecule has 0 saturated heterocycles. The van der Waals surface area contributed by atoms with Crippen LogP contribution in [0.2, 0.25) is 0 Å². The molecule has 0 aromatic heterocycles. The highest BCUT2D eigenvalue weighted by molar-refractivity contribution is 7.85. The van der Waals surface area contributed by atoms with Crippen molar-refractivity contribution in [3.63, 3.8) is 0 Å². The van der Waals surface area contributed by atoms with Gasteiger partial charge in [0.15, 0.2) is 0 Å². The molecule has 0 aliphatic carbocycles. The van der Waals surface area contributed by atoms with Crippen molar-refractivity contribution in [2.75, 3.05) is 31.9 Å². The van der Waals surface area contributed by atoms with E-state index in [1.54, 1.807) is 0 Å². The Morgan fingerprint density at radius 2 is 0.828 bits per heavy atom. The fourth-order valence-electron chi connectivity index (χ4n) is 4.38. The first-order chi connectivity index (χ1) is 13.9. The van der Waals surface area contributed by atoms with Crippen molar-refractivity contribution >= 4 is 10.1 Å². The lowest BCUT2D eigenvalue weighted by Crippen LogP contribution is -2.50. The van der Waals surface area contributed by atoms with Crippen molar-refractivity contribution in [2.45, 2.75) is 124 Å². The molecular weight excluding hydrogens is 382 g/mol. The molecule has 0 aliphatic heterocycles. The second kappa shape index (κ2) is 18.6. The summed E-state index contributed by atoms with van der Waals surface area (Å²) in [6, 6.07) is 0. The van der Waals surface area contributed by atoms with Crippen molar-refractivity contribution in [3.8, 4) is 0 Å². The van der Waals surface area contributed by atoms with Crippen LogP contribution in [-0.4, -0.2) is 49.4 Å². The van der Waals surface area contributed by atoms with Crippen molar-refractivity contribution in [1.29, 1.82) is 0 Å². The molecule has 0 fully saturated rings. The Bertz CT molecular complexity index is 420. The Labute approximate surface area is 183 Å². The third-order valence-electron chi connectivity index (χ3n) is 6.24. The minimum Gasteiger partial charge on any atom is -0.324 e. The van der Waals surface area contributed by atoms with Crippen LogP contribution < -0.4 is 0 Å². The van der Waals surface area contributed by atoms with E-state index in [9.17, 15) is 8.42 Å². The largest absolute Gasteiger partial charge is 0.324 e. The van der Waals surface area contributed by atoms with E-state index in [4.69, 9.17) is 4.55 Å². The molecule has 0 atom stereocenters. The molecule has 29 heavy (non-hydrogen) atoms. The van der Waals surface area contributed by atoms with E-state index < -0.39 is 10.1 Å². The number of rotatable bonds is 22. The summed E-state index contributed by atoms with van der Waals surface area (Å²) in [5.41, 5.74) is 0. The Kier molecular flexibility index (Phi) is 18.5. The molecule has 5 heteroatoms. The molecule has 0 spiro atoms. The van der Waals surface area contributed by atoms with Crippen LogP contribution >= 0.6 is 0 Å². The molecule has 0 saturated carbocycles. The molecule has 4 nitrogen and oxygen atoms in total. The van der Waals surface area contributed by atoms with Crippen LogP contribution in [-0.2, 0) is 10.1 Å². The van der Waals surface area contributed by atoms with Gasteiger partial charge in [-0.15, -0.1) is 0 Å². The molecular formula is C24H52NO3S+. The zero-order valence-corrected chi connectivity index (χ0v) is 20.8. The average molecular weight is 435 g/mol. The standard InChI is InChI=1S/C24H51NO3S/c1-4-7-10-15-20-25(21-16-11-8-5-2,22-17-12-9-6-3)23-18-13-14-19-24-29(26,27)28/h4-24H2,1-3H3/p+1. The maximum atomic E-state index is 10.9. The smallest absolute Gasteiger partial charge is 0.264 e. The van der Waals surface area contributed by atoms with Crippen LogP contribution in [0, 0.1) is 0 Å². The number of unbranched alkanes of at least 4 members (excludes halogenated alkanes) is 12. The topological polar surface area (TPSA) is 54.4 Å². The van der Waals surface area contributed by atoms with E-state index in [2.05, 4.69) is 20.8 Å². The quantitative estimate of drug-likeness (QED) is 0.113. The van der Waals surface area contributed by atoms with E-state index >= 15 is 0 Å². The van der Waals surface area contributed by atoms with Gasteiger partial charge >= 0.3 is 0 Å². The fourth-order valence-corrected chi connectivity index (χ4v) is 4.95. The van der Waals surface area contributed by atoms with Crippen LogP contribution in [0.1, 0.15) is 124 Å². The third kappa shape index (κ3) is 18.4. The minimum absolute atomic E-state index is 0.0853. The molecule has 0 radical (unpaired) electrons. The van der Waals surface area contributed by atoms with Crippen molar-refractivity contribution in [1.82, 2.24) is 0 Å². The van der Waals surface area contributed by atoms with E-state index in [0.717, 1.165) is 12.8 Å². The van der Waals surface area contributed by atoms with E-state index in [1.807, 2.05) is 0 Å². The van der Waals surface area contributed by atoms with Gasteiger partial charge in [0.2, 0.25) is 0 Å². The van der Waals surface area contributed by atoms with Gasteiger partial charge in [-0.25, -0.2) is 0 Å².